The maximum absolute atomic E-state index is 6.44. The van der Waals surface area contributed by atoms with Gasteiger partial charge in [-0.1, -0.05) is 33.6 Å². The van der Waals surface area contributed by atoms with Crippen molar-refractivity contribution < 1.29 is 0 Å². The smallest absolute Gasteiger partial charge is 0.0652 e. The number of rotatable bonds is 7. The second-order valence-corrected chi connectivity index (χ2v) is 10.3. The van der Waals surface area contributed by atoms with Gasteiger partial charge in [0.2, 0.25) is 5.97 Å². The summed E-state index contributed by atoms with van der Waals surface area (Å²) in [5, 5.41) is 0. The number of halogens is 2. The third kappa shape index (κ3) is 5.45. The van der Waals surface area contributed by atoms with Crippen LogP contribution in [0.1, 0.15) is 52.9 Å². The molecule has 0 aromatic heterocycles. The molecule has 0 fully saturated rings. The van der Waals surface area contributed by atoms with Crippen LogP contribution in [0.4, 0.5) is 0 Å². The van der Waals surface area contributed by atoms with E-state index < -0.39 is 5.97 Å². The fourth-order valence-corrected chi connectivity index (χ4v) is 5.95. The first-order valence-corrected chi connectivity index (χ1v) is 9.20. The maximum Gasteiger partial charge on any atom is 0.214 e. The molecule has 0 spiro atoms. The lowest BCUT2D eigenvalue weighted by atomic mass is 10.2. The van der Waals surface area contributed by atoms with E-state index in [1.807, 2.05) is 0 Å². The fraction of sp³-hybridized carbons (Fsp3) is 1.00. The Morgan fingerprint density at radius 2 is 1.69 bits per heavy atom. The van der Waals surface area contributed by atoms with Crippen LogP contribution in [0, 0.1) is 0 Å². The van der Waals surface area contributed by atoms with Crippen LogP contribution in [-0.4, -0.2) is 11.8 Å². The van der Waals surface area contributed by atoms with E-state index in [1.165, 1.54) is 25.7 Å². The molecule has 13 heavy (non-hydrogen) atoms. The first-order chi connectivity index (χ1) is 6.08. The van der Waals surface area contributed by atoms with Gasteiger partial charge in [0.05, 0.1) is 6.16 Å². The average Bonchev–Trinajstić information content (AvgIpc) is 2.10. The van der Waals surface area contributed by atoms with Crippen molar-refractivity contribution >= 4 is 28.4 Å². The molecule has 0 rings (SSSR count). The molecule has 0 bridgehead atoms. The molecule has 0 aromatic carbocycles. The minimum absolute atomic E-state index is 0.576. The van der Waals surface area contributed by atoms with Crippen molar-refractivity contribution in [2.75, 3.05) is 6.16 Å². The Balaban J connectivity index is 4.03. The summed E-state index contributed by atoms with van der Waals surface area (Å²) in [4.78, 5) is 0. The van der Waals surface area contributed by atoms with Crippen LogP contribution in [-0.2, 0) is 0 Å². The second-order valence-electron chi connectivity index (χ2n) is 3.61. The summed E-state index contributed by atoms with van der Waals surface area (Å²) in [6.07, 6.45) is 6.96. The van der Waals surface area contributed by atoms with Crippen LogP contribution in [0.25, 0.3) is 0 Å². The Morgan fingerprint density at radius 3 is 2.08 bits per heavy atom. The third-order valence-corrected chi connectivity index (χ3v) is 7.71. The Bertz CT molecular complexity index is 126. The zero-order chi connectivity index (χ0) is 10.3. The highest BCUT2D eigenvalue weighted by Gasteiger charge is 2.41. The first-order valence-electron chi connectivity index (χ1n) is 5.35. The van der Waals surface area contributed by atoms with Crippen molar-refractivity contribution in [3.05, 3.63) is 0 Å². The summed E-state index contributed by atoms with van der Waals surface area (Å²) in [6, 6.07) is 0. The maximum atomic E-state index is 6.44. The van der Waals surface area contributed by atoms with Gasteiger partial charge in [-0.15, -0.1) is 0 Å². The summed E-state index contributed by atoms with van der Waals surface area (Å²) >= 11 is 12.9. The van der Waals surface area contributed by atoms with Gasteiger partial charge in [0.1, 0.15) is 28.1 Å². The van der Waals surface area contributed by atoms with E-state index in [-0.39, 0.29) is 0 Å². The van der Waals surface area contributed by atoms with E-state index in [4.69, 9.17) is 22.5 Å². The minimum Gasteiger partial charge on any atom is -0.0652 e. The lowest BCUT2D eigenvalue weighted by Crippen LogP contribution is -2.07. The fourth-order valence-electron chi connectivity index (χ4n) is 1.54. The predicted octanol–water partition coefficient (Wildman–Crippen LogP) is 5.69. The van der Waals surface area contributed by atoms with Gasteiger partial charge in [-0.2, -0.15) is 0 Å². The Labute approximate surface area is 93.3 Å². The monoisotopic (exact) mass is 243 g/mol. The van der Waals surface area contributed by atoms with Crippen LogP contribution in [0.3, 0.4) is 0 Å². The molecule has 0 aliphatic carbocycles. The molecule has 0 heterocycles. The van der Waals surface area contributed by atoms with Gasteiger partial charge in [0, 0.05) is 0 Å². The molecule has 3 heteroatoms. The largest absolute Gasteiger partial charge is 0.214 e. The molecular weight excluding hydrogens is 222 g/mol. The lowest BCUT2D eigenvalue weighted by molar-refractivity contribution is 0.708. The van der Waals surface area contributed by atoms with Crippen LogP contribution in [0.15, 0.2) is 0 Å². The zero-order valence-corrected chi connectivity index (χ0v) is 11.4. The Morgan fingerprint density at radius 1 is 1.08 bits per heavy atom. The molecule has 80 valence electrons. The first kappa shape index (κ1) is 14.0. The molecule has 1 atom stereocenters. The minimum atomic E-state index is -1.64. The number of unbranched alkanes of at least 4 members (excludes halogenated alkanes) is 1. The third-order valence-electron chi connectivity index (χ3n) is 2.44. The highest BCUT2D eigenvalue weighted by molar-refractivity contribution is 8.17. The molecular formula is C10H22Cl2P+. The van der Waals surface area contributed by atoms with Crippen molar-refractivity contribution in [2.24, 2.45) is 0 Å². The predicted molar refractivity (Wildman–Crippen MR) is 67.4 cm³/mol. The van der Waals surface area contributed by atoms with E-state index in [1.54, 1.807) is 0 Å². The molecule has 0 aliphatic rings. The van der Waals surface area contributed by atoms with E-state index in [2.05, 4.69) is 20.8 Å². The highest BCUT2D eigenvalue weighted by Crippen LogP contribution is 2.74. The van der Waals surface area contributed by atoms with Gasteiger partial charge in [0.15, 0.2) is 0 Å². The second kappa shape index (κ2) is 7.32. The normalized spacial score (nSPS) is 14.5. The highest BCUT2D eigenvalue weighted by atomic mass is 35.9. The molecule has 0 saturated heterocycles. The summed E-state index contributed by atoms with van der Waals surface area (Å²) in [6.45, 7) is 6.59. The quantitative estimate of drug-likeness (QED) is 0.504. The topological polar surface area (TPSA) is 0 Å². The lowest BCUT2D eigenvalue weighted by Gasteiger charge is -2.19. The van der Waals surface area contributed by atoms with Crippen molar-refractivity contribution in [3.63, 3.8) is 0 Å². The summed E-state index contributed by atoms with van der Waals surface area (Å²) in [7, 11) is 0. The standard InChI is InChI=1S/C10H22Cl2P/c1-4-7-9-13(11,12)10(6-3)8-5-2/h10H,4-9H2,1-3H3/q+1. The summed E-state index contributed by atoms with van der Waals surface area (Å²) < 4.78 is 0. The van der Waals surface area contributed by atoms with Crippen molar-refractivity contribution in [1.82, 2.24) is 0 Å². The van der Waals surface area contributed by atoms with Crippen LogP contribution >= 0.6 is 28.4 Å². The molecule has 0 aliphatic heterocycles. The number of hydrogen-bond acceptors (Lipinski definition) is 0. The van der Waals surface area contributed by atoms with E-state index in [0.717, 1.165) is 12.6 Å². The van der Waals surface area contributed by atoms with Crippen LogP contribution in [0.2, 0.25) is 0 Å². The van der Waals surface area contributed by atoms with Gasteiger partial charge in [-0.25, -0.2) is 0 Å². The summed E-state index contributed by atoms with van der Waals surface area (Å²) in [5.41, 5.74) is 0.576. The molecule has 0 aromatic rings. The van der Waals surface area contributed by atoms with Crippen molar-refractivity contribution in [2.45, 2.75) is 58.5 Å². The van der Waals surface area contributed by atoms with Gasteiger partial charge in [-0.05, 0) is 19.3 Å². The molecule has 0 N–H and O–H groups in total. The van der Waals surface area contributed by atoms with E-state index >= 15 is 0 Å². The molecule has 0 saturated carbocycles. The zero-order valence-electron chi connectivity index (χ0n) is 9.02. The Hall–Kier alpha value is 1.01. The van der Waals surface area contributed by atoms with Crippen molar-refractivity contribution in [1.29, 1.82) is 0 Å². The number of hydrogen-bond donors (Lipinski definition) is 0. The van der Waals surface area contributed by atoms with Crippen LogP contribution in [0.5, 0.6) is 0 Å². The van der Waals surface area contributed by atoms with Gasteiger partial charge >= 0.3 is 0 Å². The van der Waals surface area contributed by atoms with Crippen molar-refractivity contribution in [3.8, 4) is 0 Å². The Kier molecular flexibility index (Phi) is 7.89. The molecule has 0 radical (unpaired) electrons. The summed E-state index contributed by atoms with van der Waals surface area (Å²) in [5.74, 6) is -1.64. The van der Waals surface area contributed by atoms with Gasteiger partial charge < -0.3 is 0 Å². The molecule has 0 amide bonds. The van der Waals surface area contributed by atoms with Gasteiger partial charge in [0.25, 0.3) is 0 Å². The van der Waals surface area contributed by atoms with Gasteiger partial charge in [-0.3, -0.25) is 0 Å². The molecule has 1 unspecified atom stereocenters. The SMILES string of the molecule is CCCC[P+](Cl)(Cl)C(CC)CCC. The molecule has 0 nitrogen and oxygen atoms in total. The average molecular weight is 244 g/mol. The van der Waals surface area contributed by atoms with E-state index in [9.17, 15) is 0 Å². The van der Waals surface area contributed by atoms with E-state index in [0.29, 0.717) is 5.66 Å². The van der Waals surface area contributed by atoms with Crippen LogP contribution < -0.4 is 0 Å².